The molecule has 0 unspecified atom stereocenters. The summed E-state index contributed by atoms with van der Waals surface area (Å²) in [5.74, 6) is -0.942. The van der Waals surface area contributed by atoms with Gasteiger partial charge in [-0.3, -0.25) is 4.79 Å². The molecule has 0 aliphatic carbocycles. The van der Waals surface area contributed by atoms with E-state index in [2.05, 4.69) is 4.72 Å². The van der Waals surface area contributed by atoms with Gasteiger partial charge in [0.1, 0.15) is 12.6 Å². The van der Waals surface area contributed by atoms with Gasteiger partial charge >= 0.3 is 5.97 Å². The first kappa shape index (κ1) is 20.7. The molecule has 2 rings (SSSR count). The Bertz CT molecular complexity index is 850. The highest BCUT2D eigenvalue weighted by Crippen LogP contribution is 2.17. The van der Waals surface area contributed by atoms with Crippen molar-refractivity contribution in [2.45, 2.75) is 31.4 Å². The maximum atomic E-state index is 12.5. The number of nitrogens with one attached hydrogen (secondary N) is 1. The molecule has 0 aliphatic rings. The van der Waals surface area contributed by atoms with E-state index < -0.39 is 22.0 Å². The second-order valence-electron chi connectivity index (χ2n) is 6.03. The summed E-state index contributed by atoms with van der Waals surface area (Å²) >= 11 is 11.6. The van der Waals surface area contributed by atoms with Crippen LogP contribution in [0.25, 0.3) is 0 Å². The van der Waals surface area contributed by atoms with Gasteiger partial charge in [-0.2, -0.15) is 4.72 Å². The van der Waals surface area contributed by atoms with E-state index in [1.54, 1.807) is 38.1 Å². The zero-order valence-electron chi connectivity index (χ0n) is 14.3. The first-order valence-electron chi connectivity index (χ1n) is 7.88. The molecule has 2 aromatic rings. The smallest absolute Gasteiger partial charge is 0.324 e. The van der Waals surface area contributed by atoms with Crippen LogP contribution in [0.3, 0.4) is 0 Å². The van der Waals surface area contributed by atoms with Crippen molar-refractivity contribution in [1.29, 1.82) is 0 Å². The summed E-state index contributed by atoms with van der Waals surface area (Å²) in [5.41, 5.74) is 0.755. The highest BCUT2D eigenvalue weighted by Gasteiger charge is 2.29. The van der Waals surface area contributed by atoms with Crippen LogP contribution >= 0.6 is 23.2 Å². The van der Waals surface area contributed by atoms with Gasteiger partial charge in [-0.1, -0.05) is 49.2 Å². The Morgan fingerprint density at radius 2 is 1.50 bits per heavy atom. The number of carbonyl (C=O) groups is 1. The first-order valence-corrected chi connectivity index (χ1v) is 10.1. The molecule has 8 heteroatoms. The number of hydrogen-bond donors (Lipinski definition) is 1. The Hall–Kier alpha value is -1.60. The van der Waals surface area contributed by atoms with Crippen LogP contribution in [-0.2, 0) is 26.2 Å². The van der Waals surface area contributed by atoms with Crippen LogP contribution in [0.2, 0.25) is 10.0 Å². The number of benzene rings is 2. The van der Waals surface area contributed by atoms with Crippen molar-refractivity contribution in [2.75, 3.05) is 0 Å². The lowest BCUT2D eigenvalue weighted by atomic mass is 10.1. The van der Waals surface area contributed by atoms with Gasteiger partial charge in [0.05, 0.1) is 4.90 Å². The zero-order valence-corrected chi connectivity index (χ0v) is 16.6. The molecule has 26 heavy (non-hydrogen) atoms. The molecule has 0 aromatic heterocycles. The number of rotatable bonds is 7. The molecule has 0 fully saturated rings. The van der Waals surface area contributed by atoms with E-state index in [4.69, 9.17) is 27.9 Å². The summed E-state index contributed by atoms with van der Waals surface area (Å²) in [4.78, 5) is 12.4. The van der Waals surface area contributed by atoms with Crippen LogP contribution in [0.4, 0.5) is 0 Å². The van der Waals surface area contributed by atoms with Crippen LogP contribution in [0.5, 0.6) is 0 Å². The normalized spacial score (nSPS) is 12.8. The number of carbonyl (C=O) groups excluding carboxylic acids is 1. The summed E-state index contributed by atoms with van der Waals surface area (Å²) in [5, 5.41) is 1.00. The fourth-order valence-corrected chi connectivity index (χ4v) is 3.72. The van der Waals surface area contributed by atoms with Crippen molar-refractivity contribution in [3.05, 3.63) is 64.1 Å². The van der Waals surface area contributed by atoms with Gasteiger partial charge in [-0.15, -0.1) is 0 Å². The third-order valence-corrected chi connectivity index (χ3v) is 5.58. The summed E-state index contributed by atoms with van der Waals surface area (Å²) < 4.78 is 32.7. The molecule has 0 aliphatic heterocycles. The van der Waals surface area contributed by atoms with E-state index in [0.717, 1.165) is 5.56 Å². The van der Waals surface area contributed by atoms with E-state index in [0.29, 0.717) is 10.0 Å². The molecular weight excluding hydrogens is 397 g/mol. The Kier molecular flexibility index (Phi) is 7.06. The van der Waals surface area contributed by atoms with E-state index in [-0.39, 0.29) is 17.4 Å². The van der Waals surface area contributed by atoms with Gasteiger partial charge in [0.25, 0.3) is 0 Å². The van der Waals surface area contributed by atoms with E-state index >= 15 is 0 Å². The molecule has 0 heterocycles. The van der Waals surface area contributed by atoms with Gasteiger partial charge < -0.3 is 4.74 Å². The van der Waals surface area contributed by atoms with Gasteiger partial charge in [0.15, 0.2) is 0 Å². The van der Waals surface area contributed by atoms with Crippen molar-refractivity contribution in [3.63, 3.8) is 0 Å². The third kappa shape index (κ3) is 5.71. The van der Waals surface area contributed by atoms with Crippen molar-refractivity contribution in [3.8, 4) is 0 Å². The molecule has 0 spiro atoms. The second-order valence-corrected chi connectivity index (χ2v) is 8.62. The maximum absolute atomic E-state index is 12.5. The molecule has 0 saturated carbocycles. The Morgan fingerprint density at radius 1 is 1.00 bits per heavy atom. The molecule has 0 saturated heterocycles. The van der Waals surface area contributed by atoms with Crippen LogP contribution < -0.4 is 4.72 Å². The number of hydrogen-bond acceptors (Lipinski definition) is 4. The maximum Gasteiger partial charge on any atom is 0.324 e. The van der Waals surface area contributed by atoms with Gasteiger partial charge in [0.2, 0.25) is 10.0 Å². The average Bonchev–Trinajstić information content (AvgIpc) is 2.59. The predicted octanol–water partition coefficient (Wildman–Crippen LogP) is 4.04. The minimum Gasteiger partial charge on any atom is -0.460 e. The molecule has 1 N–H and O–H groups in total. The topological polar surface area (TPSA) is 72.5 Å². The minimum atomic E-state index is -3.88. The Morgan fingerprint density at radius 3 is 2.00 bits per heavy atom. The van der Waals surface area contributed by atoms with Crippen molar-refractivity contribution < 1.29 is 17.9 Å². The van der Waals surface area contributed by atoms with Crippen molar-refractivity contribution >= 4 is 39.2 Å². The highest BCUT2D eigenvalue weighted by atomic mass is 35.5. The Labute approximate surface area is 163 Å². The van der Waals surface area contributed by atoms with Gasteiger partial charge in [0, 0.05) is 10.0 Å². The summed E-state index contributed by atoms with van der Waals surface area (Å²) in [6.07, 6.45) is 0. The highest BCUT2D eigenvalue weighted by molar-refractivity contribution is 7.89. The fourth-order valence-electron chi connectivity index (χ4n) is 2.13. The fraction of sp³-hybridized carbons (Fsp3) is 0.278. The molecule has 2 aromatic carbocycles. The molecule has 1 atom stereocenters. The monoisotopic (exact) mass is 415 g/mol. The SMILES string of the molecule is CC(C)[C@H](NS(=O)(=O)c1ccc(Cl)cc1)C(=O)OCc1ccc(Cl)cc1. The number of esters is 1. The second kappa shape index (κ2) is 8.86. The molecule has 0 amide bonds. The van der Waals surface area contributed by atoms with Gasteiger partial charge in [-0.25, -0.2) is 8.42 Å². The molecule has 0 radical (unpaired) electrons. The van der Waals surface area contributed by atoms with Crippen LogP contribution in [0.15, 0.2) is 53.4 Å². The summed E-state index contributed by atoms with van der Waals surface area (Å²) in [6, 6.07) is 11.5. The van der Waals surface area contributed by atoms with E-state index in [9.17, 15) is 13.2 Å². The van der Waals surface area contributed by atoms with E-state index in [1.807, 2.05) is 0 Å². The molecule has 0 bridgehead atoms. The average molecular weight is 416 g/mol. The summed E-state index contributed by atoms with van der Waals surface area (Å²) in [6.45, 7) is 3.50. The van der Waals surface area contributed by atoms with Gasteiger partial charge in [-0.05, 0) is 47.9 Å². The van der Waals surface area contributed by atoms with Crippen LogP contribution in [0.1, 0.15) is 19.4 Å². The first-order chi connectivity index (χ1) is 12.2. The number of ether oxygens (including phenoxy) is 1. The van der Waals surface area contributed by atoms with Crippen LogP contribution in [-0.4, -0.2) is 20.4 Å². The lowest BCUT2D eigenvalue weighted by molar-refractivity contribution is -0.148. The number of halogens is 2. The third-order valence-electron chi connectivity index (χ3n) is 3.62. The quantitative estimate of drug-likeness (QED) is 0.692. The Balaban J connectivity index is 2.08. The predicted molar refractivity (Wildman–Crippen MR) is 102 cm³/mol. The standard InChI is InChI=1S/C18H19Cl2NO4S/c1-12(2)17(18(22)25-11-13-3-5-14(19)6-4-13)21-26(23,24)16-9-7-15(20)8-10-16/h3-10,12,17,21H,11H2,1-2H3/t17-/m0/s1. The molecular formula is C18H19Cl2NO4S. The molecule has 140 valence electrons. The van der Waals surface area contributed by atoms with Crippen LogP contribution in [0, 0.1) is 5.92 Å². The zero-order chi connectivity index (χ0) is 19.3. The number of sulfonamides is 1. The lowest BCUT2D eigenvalue weighted by Gasteiger charge is -2.21. The van der Waals surface area contributed by atoms with Crippen molar-refractivity contribution in [1.82, 2.24) is 4.72 Å². The lowest BCUT2D eigenvalue weighted by Crippen LogP contribution is -2.45. The minimum absolute atomic E-state index is 0.0260. The summed E-state index contributed by atoms with van der Waals surface area (Å²) in [7, 11) is -3.88. The largest absolute Gasteiger partial charge is 0.460 e. The van der Waals surface area contributed by atoms with Crippen molar-refractivity contribution in [2.24, 2.45) is 5.92 Å². The van der Waals surface area contributed by atoms with E-state index in [1.165, 1.54) is 24.3 Å². The molecule has 5 nitrogen and oxygen atoms in total.